The zero-order chi connectivity index (χ0) is 14.1. The first-order chi connectivity index (χ1) is 9.63. The highest BCUT2D eigenvalue weighted by Crippen LogP contribution is 2.27. The maximum absolute atomic E-state index is 11.0. The minimum atomic E-state index is -0.0740. The van der Waals surface area contributed by atoms with E-state index in [0.717, 1.165) is 25.3 Å². The van der Waals surface area contributed by atoms with Crippen molar-refractivity contribution in [2.45, 2.75) is 33.0 Å². The number of hydrogen-bond donors (Lipinski definition) is 1. The largest absolute Gasteiger partial charge is 0.349 e. The minimum Gasteiger partial charge on any atom is -0.349 e. The van der Waals surface area contributed by atoms with E-state index >= 15 is 0 Å². The van der Waals surface area contributed by atoms with Gasteiger partial charge in [0.25, 0.3) is 0 Å². The topological polar surface area (TPSA) is 50.2 Å². The summed E-state index contributed by atoms with van der Waals surface area (Å²) >= 11 is 1.48. The Kier molecular flexibility index (Phi) is 3.58. The Morgan fingerprint density at radius 1 is 1.55 bits per heavy atom. The van der Waals surface area contributed by atoms with E-state index in [1.807, 2.05) is 5.38 Å². The van der Waals surface area contributed by atoms with Crippen LogP contribution in [0.15, 0.2) is 23.7 Å². The summed E-state index contributed by atoms with van der Waals surface area (Å²) in [7, 11) is 0. The summed E-state index contributed by atoms with van der Waals surface area (Å²) in [6, 6.07) is 4.68. The molecule has 6 heteroatoms. The van der Waals surface area contributed by atoms with Gasteiger partial charge in [-0.3, -0.25) is 9.69 Å². The molecule has 0 saturated carbocycles. The van der Waals surface area contributed by atoms with Crippen LogP contribution in [0.3, 0.4) is 0 Å². The van der Waals surface area contributed by atoms with E-state index in [1.54, 1.807) is 0 Å². The summed E-state index contributed by atoms with van der Waals surface area (Å²) in [4.78, 5) is 17.9. The Morgan fingerprint density at radius 3 is 3.20 bits per heavy atom. The lowest BCUT2D eigenvalue weighted by atomic mass is 10.1. The second kappa shape index (κ2) is 5.38. The van der Waals surface area contributed by atoms with Gasteiger partial charge in [0.1, 0.15) is 0 Å². The number of nitrogens with zero attached hydrogens (tertiary/aromatic N) is 3. The van der Waals surface area contributed by atoms with Gasteiger partial charge in [-0.05, 0) is 19.1 Å². The molecular weight excluding hydrogens is 272 g/mol. The Bertz CT molecular complexity index is 618. The summed E-state index contributed by atoms with van der Waals surface area (Å²) in [6.45, 7) is 6.60. The fraction of sp³-hybridized carbons (Fsp3) is 0.429. The molecule has 1 atom stereocenters. The molecule has 1 amide bonds. The molecule has 5 nitrogen and oxygen atoms in total. The fourth-order valence-electron chi connectivity index (χ4n) is 2.64. The molecule has 1 aliphatic rings. The lowest BCUT2D eigenvalue weighted by Crippen LogP contribution is -2.35. The molecular formula is C14H18N4OS. The van der Waals surface area contributed by atoms with Crippen molar-refractivity contribution < 1.29 is 4.79 Å². The van der Waals surface area contributed by atoms with E-state index in [-0.39, 0.29) is 5.91 Å². The number of aromatic nitrogens is 2. The van der Waals surface area contributed by atoms with Gasteiger partial charge in [0.2, 0.25) is 5.91 Å². The number of nitrogens with one attached hydrogen (secondary N) is 1. The van der Waals surface area contributed by atoms with Crippen molar-refractivity contribution in [3.63, 3.8) is 0 Å². The molecule has 106 valence electrons. The number of anilines is 1. The summed E-state index contributed by atoms with van der Waals surface area (Å²) in [5.41, 5.74) is 2.37. The first kappa shape index (κ1) is 13.3. The quantitative estimate of drug-likeness (QED) is 0.945. The lowest BCUT2D eigenvalue weighted by Gasteiger charge is -2.34. The zero-order valence-corrected chi connectivity index (χ0v) is 12.5. The Morgan fingerprint density at radius 2 is 2.40 bits per heavy atom. The van der Waals surface area contributed by atoms with Crippen LogP contribution in [0.4, 0.5) is 5.13 Å². The van der Waals surface area contributed by atoms with Crippen LogP contribution >= 0.6 is 11.3 Å². The number of carbonyl (C=O) groups excluding carboxylic acids is 1. The molecule has 0 bridgehead atoms. The van der Waals surface area contributed by atoms with Crippen molar-refractivity contribution in [1.29, 1.82) is 0 Å². The molecule has 0 aromatic carbocycles. The summed E-state index contributed by atoms with van der Waals surface area (Å²) in [6.07, 6.45) is 2.14. The van der Waals surface area contributed by atoms with E-state index < -0.39 is 0 Å². The molecule has 3 rings (SSSR count). The minimum absolute atomic E-state index is 0.0740. The van der Waals surface area contributed by atoms with Crippen molar-refractivity contribution in [2.75, 3.05) is 11.9 Å². The van der Waals surface area contributed by atoms with Gasteiger partial charge in [-0.2, -0.15) is 0 Å². The van der Waals surface area contributed by atoms with Crippen LogP contribution in [-0.4, -0.2) is 26.9 Å². The Balaban J connectivity index is 1.69. The lowest BCUT2D eigenvalue weighted by molar-refractivity contribution is -0.114. The van der Waals surface area contributed by atoms with Gasteiger partial charge in [-0.15, -0.1) is 11.3 Å². The van der Waals surface area contributed by atoms with Crippen LogP contribution in [-0.2, 0) is 17.9 Å². The van der Waals surface area contributed by atoms with Crippen molar-refractivity contribution in [2.24, 2.45) is 0 Å². The van der Waals surface area contributed by atoms with E-state index in [9.17, 15) is 4.79 Å². The fourth-order valence-corrected chi connectivity index (χ4v) is 3.39. The third kappa shape index (κ3) is 2.62. The second-order valence-corrected chi connectivity index (χ2v) is 5.96. The highest BCUT2D eigenvalue weighted by atomic mass is 32.1. The first-order valence-corrected chi connectivity index (χ1v) is 7.62. The molecule has 0 radical (unpaired) electrons. The monoisotopic (exact) mass is 290 g/mol. The summed E-state index contributed by atoms with van der Waals surface area (Å²) < 4.78 is 2.31. The van der Waals surface area contributed by atoms with Gasteiger partial charge in [0, 0.05) is 49.9 Å². The van der Waals surface area contributed by atoms with E-state index in [4.69, 9.17) is 0 Å². The predicted octanol–water partition coefficient (Wildman–Crippen LogP) is 2.48. The number of amides is 1. The summed E-state index contributed by atoms with van der Waals surface area (Å²) in [5, 5.41) is 5.43. The zero-order valence-electron chi connectivity index (χ0n) is 11.7. The van der Waals surface area contributed by atoms with E-state index in [2.05, 4.69) is 45.0 Å². The Hall–Kier alpha value is -1.66. The van der Waals surface area contributed by atoms with E-state index in [1.165, 1.54) is 24.0 Å². The van der Waals surface area contributed by atoms with Gasteiger partial charge in [0.05, 0.1) is 5.69 Å². The van der Waals surface area contributed by atoms with Crippen LogP contribution in [0.5, 0.6) is 0 Å². The Labute approximate surface area is 122 Å². The van der Waals surface area contributed by atoms with Gasteiger partial charge < -0.3 is 9.88 Å². The third-order valence-corrected chi connectivity index (χ3v) is 4.47. The van der Waals surface area contributed by atoms with Gasteiger partial charge in [0.15, 0.2) is 5.13 Å². The molecule has 1 N–H and O–H groups in total. The first-order valence-electron chi connectivity index (χ1n) is 6.74. The molecule has 1 aliphatic heterocycles. The number of thiazole rings is 1. The smallest absolute Gasteiger partial charge is 0.223 e. The van der Waals surface area contributed by atoms with Gasteiger partial charge >= 0.3 is 0 Å². The standard InChI is InChI=1S/C14H18N4OS/c1-10-13-4-3-5-17(13)6-7-18(10)8-12-9-20-14(16-12)15-11(2)19/h3-5,9-10H,6-8H2,1-2H3,(H,15,16,19). The number of hydrogen-bond acceptors (Lipinski definition) is 4. The van der Waals surface area contributed by atoms with Crippen LogP contribution in [0.2, 0.25) is 0 Å². The maximum Gasteiger partial charge on any atom is 0.223 e. The van der Waals surface area contributed by atoms with Crippen molar-refractivity contribution in [3.8, 4) is 0 Å². The average Bonchev–Trinajstić information content (AvgIpc) is 3.01. The van der Waals surface area contributed by atoms with Crippen LogP contribution in [0.25, 0.3) is 0 Å². The normalized spacial score (nSPS) is 18.8. The highest BCUT2D eigenvalue weighted by molar-refractivity contribution is 7.13. The SMILES string of the molecule is CC(=O)Nc1nc(CN2CCn3cccc3C2C)cs1. The number of fused-ring (bicyclic) bond motifs is 1. The van der Waals surface area contributed by atoms with Crippen LogP contribution in [0.1, 0.15) is 31.3 Å². The molecule has 2 aromatic rings. The van der Waals surface area contributed by atoms with Crippen molar-refractivity contribution >= 4 is 22.4 Å². The number of rotatable bonds is 3. The molecule has 0 aliphatic carbocycles. The van der Waals surface area contributed by atoms with Crippen molar-refractivity contribution in [1.82, 2.24) is 14.5 Å². The molecule has 20 heavy (non-hydrogen) atoms. The maximum atomic E-state index is 11.0. The summed E-state index contributed by atoms with van der Waals surface area (Å²) in [5.74, 6) is -0.0740. The molecule has 0 saturated heterocycles. The molecule has 2 aromatic heterocycles. The van der Waals surface area contributed by atoms with Crippen LogP contribution in [0, 0.1) is 0 Å². The highest BCUT2D eigenvalue weighted by Gasteiger charge is 2.23. The van der Waals surface area contributed by atoms with E-state index in [0.29, 0.717) is 11.2 Å². The molecule has 3 heterocycles. The van der Waals surface area contributed by atoms with Crippen LogP contribution < -0.4 is 5.32 Å². The third-order valence-electron chi connectivity index (χ3n) is 3.67. The van der Waals surface area contributed by atoms with Gasteiger partial charge in [-0.25, -0.2) is 4.98 Å². The second-order valence-electron chi connectivity index (χ2n) is 5.10. The predicted molar refractivity (Wildman–Crippen MR) is 79.7 cm³/mol. The van der Waals surface area contributed by atoms with Gasteiger partial charge in [-0.1, -0.05) is 0 Å². The van der Waals surface area contributed by atoms with Crippen molar-refractivity contribution in [3.05, 3.63) is 35.1 Å². The number of carbonyl (C=O) groups is 1. The molecule has 0 spiro atoms. The molecule has 1 unspecified atom stereocenters. The molecule has 0 fully saturated rings. The average molecular weight is 290 g/mol.